The van der Waals surface area contributed by atoms with Gasteiger partial charge in [-0.2, -0.15) is 0 Å². The summed E-state index contributed by atoms with van der Waals surface area (Å²) in [5.41, 5.74) is 0. The lowest BCUT2D eigenvalue weighted by atomic mass is 10.2. The SMILES string of the molecule is COC(=O)CC(O)CC(OC)OC. The van der Waals surface area contributed by atoms with Crippen LogP contribution in [0.4, 0.5) is 0 Å². The normalized spacial score (nSPS) is 13.0. The van der Waals surface area contributed by atoms with E-state index in [-0.39, 0.29) is 12.8 Å². The van der Waals surface area contributed by atoms with Crippen LogP contribution in [-0.4, -0.2) is 44.8 Å². The van der Waals surface area contributed by atoms with Crippen molar-refractivity contribution in [2.45, 2.75) is 25.2 Å². The Labute approximate surface area is 77.6 Å². The number of methoxy groups -OCH3 is 3. The molecule has 1 unspecified atom stereocenters. The number of esters is 1. The summed E-state index contributed by atoms with van der Waals surface area (Å²) >= 11 is 0. The van der Waals surface area contributed by atoms with Crippen LogP contribution in [-0.2, 0) is 19.0 Å². The second kappa shape index (κ2) is 6.82. The van der Waals surface area contributed by atoms with Gasteiger partial charge in [0.15, 0.2) is 6.29 Å². The molecule has 0 saturated heterocycles. The maximum atomic E-state index is 10.7. The molecule has 0 aliphatic rings. The van der Waals surface area contributed by atoms with Crippen LogP contribution in [0.5, 0.6) is 0 Å². The van der Waals surface area contributed by atoms with Crippen LogP contribution in [0.2, 0.25) is 0 Å². The number of hydrogen-bond donors (Lipinski definition) is 1. The van der Waals surface area contributed by atoms with Gasteiger partial charge < -0.3 is 19.3 Å². The molecule has 0 spiro atoms. The lowest BCUT2D eigenvalue weighted by Gasteiger charge is -2.16. The van der Waals surface area contributed by atoms with Crippen molar-refractivity contribution in [2.24, 2.45) is 0 Å². The topological polar surface area (TPSA) is 65.0 Å². The zero-order valence-corrected chi connectivity index (χ0v) is 8.15. The van der Waals surface area contributed by atoms with Gasteiger partial charge in [0, 0.05) is 20.6 Å². The van der Waals surface area contributed by atoms with E-state index in [1.165, 1.54) is 21.3 Å². The van der Waals surface area contributed by atoms with Crippen molar-refractivity contribution < 1.29 is 24.1 Å². The molecule has 5 nitrogen and oxygen atoms in total. The summed E-state index contributed by atoms with van der Waals surface area (Å²) in [5.74, 6) is -0.446. The van der Waals surface area contributed by atoms with E-state index in [1.54, 1.807) is 0 Å². The average molecular weight is 192 g/mol. The Hall–Kier alpha value is -0.650. The van der Waals surface area contributed by atoms with Crippen molar-refractivity contribution in [3.05, 3.63) is 0 Å². The van der Waals surface area contributed by atoms with Crippen molar-refractivity contribution in [1.82, 2.24) is 0 Å². The predicted molar refractivity (Wildman–Crippen MR) is 45.1 cm³/mol. The highest BCUT2D eigenvalue weighted by Crippen LogP contribution is 2.06. The first-order valence-corrected chi connectivity index (χ1v) is 3.94. The highest BCUT2D eigenvalue weighted by atomic mass is 16.7. The molecule has 0 amide bonds. The van der Waals surface area contributed by atoms with Crippen molar-refractivity contribution in [3.8, 4) is 0 Å². The number of carbonyl (C=O) groups is 1. The van der Waals surface area contributed by atoms with Gasteiger partial charge in [-0.05, 0) is 0 Å². The number of carbonyl (C=O) groups excluding carboxylic acids is 1. The van der Waals surface area contributed by atoms with Gasteiger partial charge in [0.2, 0.25) is 0 Å². The minimum Gasteiger partial charge on any atom is -0.469 e. The second-order valence-electron chi connectivity index (χ2n) is 2.57. The molecule has 1 N–H and O–H groups in total. The molecule has 0 heterocycles. The maximum absolute atomic E-state index is 10.7. The summed E-state index contributed by atoms with van der Waals surface area (Å²) in [4.78, 5) is 10.7. The number of aliphatic hydroxyl groups excluding tert-OH is 1. The van der Waals surface area contributed by atoms with Gasteiger partial charge in [0.05, 0.1) is 19.6 Å². The Morgan fingerprint density at radius 3 is 2.23 bits per heavy atom. The molecular weight excluding hydrogens is 176 g/mol. The lowest BCUT2D eigenvalue weighted by molar-refractivity contribution is -0.147. The monoisotopic (exact) mass is 192 g/mol. The molecule has 13 heavy (non-hydrogen) atoms. The largest absolute Gasteiger partial charge is 0.469 e. The molecular formula is C8H16O5. The molecule has 78 valence electrons. The Morgan fingerprint density at radius 1 is 1.31 bits per heavy atom. The fourth-order valence-electron chi connectivity index (χ4n) is 0.870. The number of rotatable bonds is 6. The second-order valence-corrected chi connectivity index (χ2v) is 2.57. The van der Waals surface area contributed by atoms with E-state index in [0.29, 0.717) is 0 Å². The number of ether oxygens (including phenoxy) is 3. The highest BCUT2D eigenvalue weighted by molar-refractivity contribution is 5.69. The van der Waals surface area contributed by atoms with Crippen molar-refractivity contribution in [1.29, 1.82) is 0 Å². The molecule has 0 saturated carbocycles. The number of aliphatic hydroxyl groups is 1. The van der Waals surface area contributed by atoms with Crippen molar-refractivity contribution >= 4 is 5.97 Å². The summed E-state index contributed by atoms with van der Waals surface area (Å²) in [7, 11) is 4.22. The quantitative estimate of drug-likeness (QED) is 0.471. The van der Waals surface area contributed by atoms with Gasteiger partial charge >= 0.3 is 5.97 Å². The minimum absolute atomic E-state index is 0.0419. The Balaban J connectivity index is 3.71. The van der Waals surface area contributed by atoms with Gasteiger partial charge in [-0.15, -0.1) is 0 Å². The Kier molecular flexibility index (Phi) is 6.48. The smallest absolute Gasteiger partial charge is 0.308 e. The summed E-state index contributed by atoms with van der Waals surface area (Å²) in [6, 6.07) is 0. The van der Waals surface area contributed by atoms with Gasteiger partial charge in [-0.3, -0.25) is 4.79 Å². The van der Waals surface area contributed by atoms with Gasteiger partial charge in [0.1, 0.15) is 0 Å². The minimum atomic E-state index is -0.794. The van der Waals surface area contributed by atoms with Crippen LogP contribution >= 0.6 is 0 Å². The van der Waals surface area contributed by atoms with E-state index in [0.717, 1.165) is 0 Å². The van der Waals surface area contributed by atoms with E-state index >= 15 is 0 Å². The molecule has 0 aliphatic carbocycles. The van der Waals surface area contributed by atoms with Crippen molar-refractivity contribution in [2.75, 3.05) is 21.3 Å². The first-order valence-electron chi connectivity index (χ1n) is 3.94. The molecule has 0 aromatic rings. The molecule has 0 fully saturated rings. The van der Waals surface area contributed by atoms with Crippen LogP contribution in [0.25, 0.3) is 0 Å². The maximum Gasteiger partial charge on any atom is 0.308 e. The van der Waals surface area contributed by atoms with E-state index in [4.69, 9.17) is 9.47 Å². The van der Waals surface area contributed by atoms with Crippen LogP contribution in [0.15, 0.2) is 0 Å². The molecule has 0 radical (unpaired) electrons. The Morgan fingerprint density at radius 2 is 1.85 bits per heavy atom. The van der Waals surface area contributed by atoms with Crippen LogP contribution < -0.4 is 0 Å². The van der Waals surface area contributed by atoms with Gasteiger partial charge in [-0.1, -0.05) is 0 Å². The van der Waals surface area contributed by atoms with E-state index in [1.807, 2.05) is 0 Å². The van der Waals surface area contributed by atoms with E-state index in [2.05, 4.69) is 4.74 Å². The number of hydrogen-bond acceptors (Lipinski definition) is 5. The van der Waals surface area contributed by atoms with Crippen molar-refractivity contribution in [3.63, 3.8) is 0 Å². The van der Waals surface area contributed by atoms with Gasteiger partial charge in [-0.25, -0.2) is 0 Å². The molecule has 0 aromatic carbocycles. The first kappa shape index (κ1) is 12.3. The third-order valence-electron chi connectivity index (χ3n) is 1.62. The van der Waals surface area contributed by atoms with E-state index in [9.17, 15) is 9.90 Å². The zero-order valence-electron chi connectivity index (χ0n) is 8.15. The fourth-order valence-corrected chi connectivity index (χ4v) is 0.870. The lowest BCUT2D eigenvalue weighted by Crippen LogP contribution is -2.23. The van der Waals surface area contributed by atoms with Gasteiger partial charge in [0.25, 0.3) is 0 Å². The van der Waals surface area contributed by atoms with Crippen LogP contribution in [0, 0.1) is 0 Å². The van der Waals surface area contributed by atoms with Crippen LogP contribution in [0.3, 0.4) is 0 Å². The summed E-state index contributed by atoms with van der Waals surface area (Å²) in [6.45, 7) is 0. The molecule has 1 atom stereocenters. The highest BCUT2D eigenvalue weighted by Gasteiger charge is 2.16. The fraction of sp³-hybridized carbons (Fsp3) is 0.875. The standard InChI is InChI=1S/C8H16O5/c1-11-7(10)4-6(9)5-8(12-2)13-3/h6,8-9H,4-5H2,1-3H3. The summed E-state index contributed by atoms with van der Waals surface area (Å²) < 4.78 is 14.1. The van der Waals surface area contributed by atoms with Crippen LogP contribution in [0.1, 0.15) is 12.8 Å². The average Bonchev–Trinajstić information content (AvgIpc) is 2.13. The predicted octanol–water partition coefficient (Wildman–Crippen LogP) is -0.0806. The Bertz CT molecular complexity index is 143. The molecule has 5 heteroatoms. The third kappa shape index (κ3) is 5.57. The first-order chi connectivity index (χ1) is 6.13. The molecule has 0 aliphatic heterocycles. The third-order valence-corrected chi connectivity index (χ3v) is 1.62. The zero-order chi connectivity index (χ0) is 10.3. The summed E-state index contributed by atoms with van der Waals surface area (Å²) in [6.07, 6.45) is -1.07. The summed E-state index contributed by atoms with van der Waals surface area (Å²) in [5, 5.41) is 9.32. The molecule has 0 aromatic heterocycles. The molecule has 0 rings (SSSR count). The van der Waals surface area contributed by atoms with E-state index < -0.39 is 18.4 Å². The molecule has 0 bridgehead atoms.